The normalized spacial score (nSPS) is 40.8. The molecule has 1 aliphatic heterocycles. The zero-order valence-corrected chi connectivity index (χ0v) is 25.5. The molecule has 224 valence electrons. The van der Waals surface area contributed by atoms with E-state index in [1.165, 1.54) is 12.1 Å². The van der Waals surface area contributed by atoms with Crippen molar-refractivity contribution < 1.29 is 36.7 Å². The van der Waals surface area contributed by atoms with Gasteiger partial charge in [0.15, 0.2) is 12.4 Å². The molecule has 3 saturated carbocycles. The van der Waals surface area contributed by atoms with Gasteiger partial charge in [0.2, 0.25) is 0 Å². The van der Waals surface area contributed by atoms with Crippen LogP contribution in [0.25, 0.3) is 0 Å². The van der Waals surface area contributed by atoms with Crippen molar-refractivity contribution in [2.75, 3.05) is 19.8 Å². The highest BCUT2D eigenvalue weighted by atomic mass is 32.2. The molecule has 9 atom stereocenters. The molecule has 40 heavy (non-hydrogen) atoms. The van der Waals surface area contributed by atoms with E-state index in [9.17, 15) is 18.3 Å². The number of benzene rings is 1. The van der Waals surface area contributed by atoms with E-state index in [1.807, 2.05) is 6.92 Å². The molecule has 3 aliphatic carbocycles. The van der Waals surface area contributed by atoms with Gasteiger partial charge in [0.1, 0.15) is 6.10 Å². The van der Waals surface area contributed by atoms with Crippen LogP contribution in [0.5, 0.6) is 0 Å². The summed E-state index contributed by atoms with van der Waals surface area (Å²) in [7, 11) is -4.12. The summed E-state index contributed by atoms with van der Waals surface area (Å²) in [6.07, 6.45) is 2.69. The number of aliphatic hydroxyl groups excluding tert-OH is 1. The van der Waals surface area contributed by atoms with Crippen LogP contribution in [0.1, 0.15) is 72.3 Å². The first-order valence-electron chi connectivity index (χ1n) is 14.9. The first-order chi connectivity index (χ1) is 18.8. The number of hydrogen-bond donors (Lipinski definition) is 1. The van der Waals surface area contributed by atoms with E-state index in [4.69, 9.17) is 18.4 Å². The monoisotopic (exact) mass is 578 g/mol. The van der Waals surface area contributed by atoms with Crippen LogP contribution in [-0.4, -0.2) is 57.3 Å². The standard InChI is InChI=1S/C31H46O8S/c1-7-23-16-25(39-26(32)18-38-40(34,35)24-10-8-19(2)9-11-24)29(6)21(4)20(3)17-30(22(5)27(23)33)12-13-31(28(29)30)36-14-15-37-31/h8-11,20-23,25,27-28,33H,7,12-18H2,1-6H3/t20-,21+,22-,23-,25-,27-,28-,29-,30+/m0/s1. The molecule has 4 aliphatic rings. The summed E-state index contributed by atoms with van der Waals surface area (Å²) in [6.45, 7) is 13.2. The van der Waals surface area contributed by atoms with Crippen molar-refractivity contribution in [2.45, 2.75) is 96.5 Å². The van der Waals surface area contributed by atoms with Gasteiger partial charge in [-0.25, -0.2) is 4.79 Å². The Bertz CT molecular complexity index is 1190. The molecule has 5 rings (SSSR count). The average Bonchev–Trinajstić information content (AvgIpc) is 3.53. The third kappa shape index (κ3) is 4.64. The molecule has 4 fully saturated rings. The fourth-order valence-electron chi connectivity index (χ4n) is 9.13. The maximum atomic E-state index is 13.3. The van der Waals surface area contributed by atoms with Crippen LogP contribution in [0.15, 0.2) is 29.2 Å². The molecule has 1 aromatic rings. The van der Waals surface area contributed by atoms with E-state index in [0.29, 0.717) is 25.6 Å². The van der Waals surface area contributed by atoms with Gasteiger partial charge in [-0.1, -0.05) is 58.7 Å². The fraction of sp³-hybridized carbons (Fsp3) is 0.774. The van der Waals surface area contributed by atoms with Gasteiger partial charge >= 0.3 is 5.97 Å². The van der Waals surface area contributed by atoms with Crippen LogP contribution in [0.4, 0.5) is 0 Å². The molecule has 1 spiro atoms. The Kier molecular flexibility index (Phi) is 7.97. The van der Waals surface area contributed by atoms with Crippen molar-refractivity contribution >= 4 is 16.1 Å². The van der Waals surface area contributed by atoms with Gasteiger partial charge in [-0.05, 0) is 67.4 Å². The Morgan fingerprint density at radius 3 is 2.35 bits per heavy atom. The first-order valence-corrected chi connectivity index (χ1v) is 16.3. The highest BCUT2D eigenvalue weighted by Gasteiger charge is 2.74. The third-order valence-electron chi connectivity index (χ3n) is 11.4. The quantitative estimate of drug-likeness (QED) is 0.377. The van der Waals surface area contributed by atoms with Gasteiger partial charge in [-0.15, -0.1) is 0 Å². The molecule has 8 nitrogen and oxygen atoms in total. The van der Waals surface area contributed by atoms with Gasteiger partial charge in [0.05, 0.1) is 24.2 Å². The average molecular weight is 579 g/mol. The largest absolute Gasteiger partial charge is 0.460 e. The first kappa shape index (κ1) is 30.0. The Morgan fingerprint density at radius 1 is 1.07 bits per heavy atom. The minimum Gasteiger partial charge on any atom is -0.460 e. The molecule has 0 aromatic heterocycles. The number of hydrogen-bond acceptors (Lipinski definition) is 8. The van der Waals surface area contributed by atoms with Crippen molar-refractivity contribution in [3.05, 3.63) is 29.8 Å². The molecule has 2 bridgehead atoms. The predicted molar refractivity (Wildman–Crippen MR) is 149 cm³/mol. The summed E-state index contributed by atoms with van der Waals surface area (Å²) in [5, 5.41) is 11.7. The number of aliphatic hydroxyl groups is 1. The van der Waals surface area contributed by atoms with Gasteiger partial charge in [-0.3, -0.25) is 4.18 Å². The summed E-state index contributed by atoms with van der Waals surface area (Å²) >= 11 is 0. The molecule has 0 unspecified atom stereocenters. The molecular formula is C31H46O8S. The lowest BCUT2D eigenvalue weighted by molar-refractivity contribution is -0.288. The van der Waals surface area contributed by atoms with Crippen LogP contribution in [0.2, 0.25) is 0 Å². The van der Waals surface area contributed by atoms with Gasteiger partial charge < -0.3 is 19.3 Å². The molecular weight excluding hydrogens is 532 g/mol. The Labute approximate surface area is 239 Å². The zero-order chi connectivity index (χ0) is 29.1. The van der Waals surface area contributed by atoms with Gasteiger partial charge in [0, 0.05) is 17.8 Å². The van der Waals surface area contributed by atoms with Crippen LogP contribution in [0, 0.1) is 47.3 Å². The van der Waals surface area contributed by atoms with E-state index in [-0.39, 0.29) is 34.0 Å². The predicted octanol–water partition coefficient (Wildman–Crippen LogP) is 4.86. The summed E-state index contributed by atoms with van der Waals surface area (Å²) in [4.78, 5) is 13.3. The van der Waals surface area contributed by atoms with Crippen LogP contribution < -0.4 is 0 Å². The fourth-order valence-corrected chi connectivity index (χ4v) is 9.98. The highest BCUT2D eigenvalue weighted by Crippen LogP contribution is 2.73. The van der Waals surface area contributed by atoms with Crippen molar-refractivity contribution in [3.8, 4) is 0 Å². The van der Waals surface area contributed by atoms with Crippen LogP contribution >= 0.6 is 0 Å². The summed E-state index contributed by atoms with van der Waals surface area (Å²) in [5.41, 5.74) is 0.171. The number of carbonyl (C=O) groups excluding carboxylic acids is 1. The summed E-state index contributed by atoms with van der Waals surface area (Å²) in [5.74, 6) is -1.12. The Morgan fingerprint density at radius 2 is 1.73 bits per heavy atom. The van der Waals surface area contributed by atoms with Crippen molar-refractivity contribution in [3.63, 3.8) is 0 Å². The highest BCUT2D eigenvalue weighted by molar-refractivity contribution is 7.86. The Balaban J connectivity index is 1.49. The Hall–Kier alpha value is -1.52. The molecule has 0 radical (unpaired) electrons. The number of ether oxygens (including phenoxy) is 3. The van der Waals surface area contributed by atoms with E-state index in [0.717, 1.165) is 31.2 Å². The lowest BCUT2D eigenvalue weighted by atomic mass is 9.42. The molecule has 0 amide bonds. The lowest BCUT2D eigenvalue weighted by Crippen LogP contribution is -2.66. The molecule has 1 heterocycles. The lowest BCUT2D eigenvalue weighted by Gasteiger charge is -2.64. The molecule has 1 saturated heterocycles. The van der Waals surface area contributed by atoms with Crippen molar-refractivity contribution in [2.24, 2.45) is 40.4 Å². The second-order valence-corrected chi connectivity index (χ2v) is 14.8. The van der Waals surface area contributed by atoms with Gasteiger partial charge in [0.25, 0.3) is 10.1 Å². The van der Waals surface area contributed by atoms with E-state index < -0.39 is 46.1 Å². The number of rotatable bonds is 6. The van der Waals surface area contributed by atoms with Gasteiger partial charge in [-0.2, -0.15) is 8.42 Å². The zero-order valence-electron chi connectivity index (χ0n) is 24.7. The SMILES string of the molecule is CC[C@H]1C[C@H](OC(=O)COS(=O)(=O)c2ccc(C)cc2)[C@]2(C)[C@H](C)[C@@H](C)C[C@]3(CCC4(OCCO4)[C@H]32)[C@@H](C)[C@@H]1O. The van der Waals surface area contributed by atoms with E-state index in [2.05, 4.69) is 34.6 Å². The maximum Gasteiger partial charge on any atom is 0.333 e. The smallest absolute Gasteiger partial charge is 0.333 e. The van der Waals surface area contributed by atoms with Crippen LogP contribution in [0.3, 0.4) is 0 Å². The number of aryl methyl sites for hydroxylation is 1. The second kappa shape index (κ2) is 10.6. The minimum atomic E-state index is -4.12. The number of esters is 1. The van der Waals surface area contributed by atoms with Crippen molar-refractivity contribution in [1.82, 2.24) is 0 Å². The molecule has 9 heteroatoms. The maximum absolute atomic E-state index is 13.3. The van der Waals surface area contributed by atoms with E-state index in [1.54, 1.807) is 12.1 Å². The molecule has 1 N–H and O–H groups in total. The van der Waals surface area contributed by atoms with E-state index >= 15 is 0 Å². The summed E-state index contributed by atoms with van der Waals surface area (Å²) < 4.78 is 49.8. The summed E-state index contributed by atoms with van der Waals surface area (Å²) in [6, 6.07) is 6.30. The minimum absolute atomic E-state index is 0.00471. The third-order valence-corrected chi connectivity index (χ3v) is 12.7. The second-order valence-electron chi connectivity index (χ2n) is 13.2. The molecule has 1 aromatic carbocycles. The number of carbonyl (C=O) groups is 1. The topological polar surface area (TPSA) is 108 Å². The van der Waals surface area contributed by atoms with Crippen molar-refractivity contribution in [1.29, 1.82) is 0 Å². The van der Waals surface area contributed by atoms with Crippen LogP contribution in [-0.2, 0) is 33.3 Å².